The molecule has 3 nitrogen and oxygen atoms in total. The van der Waals surface area contributed by atoms with Crippen LogP contribution in [-0.2, 0) is 0 Å². The van der Waals surface area contributed by atoms with E-state index in [2.05, 4.69) is 36.0 Å². The fourth-order valence-electron chi connectivity index (χ4n) is 2.52. The molecule has 3 heteroatoms. The molecule has 0 aromatic heterocycles. The molecule has 0 radical (unpaired) electrons. The molecule has 0 bridgehead atoms. The molecule has 1 aliphatic heterocycles. The minimum atomic E-state index is 0.457. The molecule has 1 atom stereocenters. The van der Waals surface area contributed by atoms with E-state index in [9.17, 15) is 0 Å². The third kappa shape index (κ3) is 4.23. The molecule has 1 saturated carbocycles. The summed E-state index contributed by atoms with van der Waals surface area (Å²) >= 11 is 0. The summed E-state index contributed by atoms with van der Waals surface area (Å²) in [6.07, 6.45) is 4.07. The van der Waals surface area contributed by atoms with Gasteiger partial charge in [0.05, 0.1) is 0 Å². The molecule has 2 aliphatic rings. The van der Waals surface area contributed by atoms with Crippen molar-refractivity contribution in [3.05, 3.63) is 0 Å². The Labute approximate surface area is 107 Å². The largest absolute Gasteiger partial charge is 0.313 e. The first kappa shape index (κ1) is 13.3. The van der Waals surface area contributed by atoms with E-state index in [4.69, 9.17) is 0 Å². The van der Waals surface area contributed by atoms with Gasteiger partial charge in [0.2, 0.25) is 0 Å². The van der Waals surface area contributed by atoms with Crippen LogP contribution in [0.4, 0.5) is 0 Å². The van der Waals surface area contributed by atoms with Crippen molar-refractivity contribution in [3.8, 4) is 0 Å². The minimum Gasteiger partial charge on any atom is -0.313 e. The zero-order chi connectivity index (χ0) is 12.3. The lowest BCUT2D eigenvalue weighted by Crippen LogP contribution is -2.50. The highest BCUT2D eigenvalue weighted by Crippen LogP contribution is 2.25. The van der Waals surface area contributed by atoms with Crippen LogP contribution in [0.3, 0.4) is 0 Å². The van der Waals surface area contributed by atoms with Gasteiger partial charge in [-0.05, 0) is 31.7 Å². The van der Waals surface area contributed by atoms with E-state index in [1.807, 2.05) is 0 Å². The number of rotatable bonds is 6. The van der Waals surface area contributed by atoms with Crippen LogP contribution >= 0.6 is 0 Å². The minimum absolute atomic E-state index is 0.457. The van der Waals surface area contributed by atoms with Gasteiger partial charge in [0.25, 0.3) is 0 Å². The summed E-state index contributed by atoms with van der Waals surface area (Å²) in [4.78, 5) is 5.08. The van der Waals surface area contributed by atoms with E-state index in [0.717, 1.165) is 6.04 Å². The zero-order valence-electron chi connectivity index (χ0n) is 11.8. The second kappa shape index (κ2) is 5.68. The highest BCUT2D eigenvalue weighted by molar-refractivity contribution is 4.87. The molecule has 17 heavy (non-hydrogen) atoms. The topological polar surface area (TPSA) is 18.5 Å². The van der Waals surface area contributed by atoms with Crippen molar-refractivity contribution < 1.29 is 0 Å². The van der Waals surface area contributed by atoms with Crippen molar-refractivity contribution >= 4 is 0 Å². The summed E-state index contributed by atoms with van der Waals surface area (Å²) in [6, 6.07) is 0.841. The van der Waals surface area contributed by atoms with Crippen molar-refractivity contribution in [2.45, 2.75) is 39.2 Å². The summed E-state index contributed by atoms with van der Waals surface area (Å²) in [5.41, 5.74) is 0.457. The Morgan fingerprint density at radius 2 is 1.82 bits per heavy atom. The molecule has 100 valence electrons. The SMILES string of the molecule is CCC(C)(CNC1CC1)CN1CCN(C)CC1. The Bertz CT molecular complexity index is 232. The fourth-order valence-corrected chi connectivity index (χ4v) is 2.52. The third-order valence-electron chi connectivity index (χ3n) is 4.45. The van der Waals surface area contributed by atoms with Gasteiger partial charge in [0.1, 0.15) is 0 Å². The van der Waals surface area contributed by atoms with Crippen LogP contribution in [0.15, 0.2) is 0 Å². The van der Waals surface area contributed by atoms with E-state index in [1.165, 1.54) is 58.5 Å². The molecule has 0 amide bonds. The van der Waals surface area contributed by atoms with E-state index >= 15 is 0 Å². The number of nitrogens with one attached hydrogen (secondary N) is 1. The molecule has 1 saturated heterocycles. The quantitative estimate of drug-likeness (QED) is 0.756. The second-order valence-corrected chi connectivity index (χ2v) is 6.40. The van der Waals surface area contributed by atoms with Gasteiger partial charge < -0.3 is 15.1 Å². The Balaban J connectivity index is 1.75. The highest BCUT2D eigenvalue weighted by Gasteiger charge is 2.29. The van der Waals surface area contributed by atoms with Gasteiger partial charge in [-0.2, -0.15) is 0 Å². The Morgan fingerprint density at radius 3 is 2.35 bits per heavy atom. The van der Waals surface area contributed by atoms with Gasteiger partial charge in [-0.15, -0.1) is 0 Å². The number of likely N-dealkylation sites (N-methyl/N-ethyl adjacent to an activating group) is 1. The molecule has 0 aromatic carbocycles. The molecule has 1 aliphatic carbocycles. The highest BCUT2D eigenvalue weighted by atomic mass is 15.2. The first-order valence-electron chi connectivity index (χ1n) is 7.25. The van der Waals surface area contributed by atoms with E-state index in [-0.39, 0.29) is 0 Å². The first-order valence-corrected chi connectivity index (χ1v) is 7.25. The standard InChI is InChI=1S/C14H29N3/c1-4-14(2,11-15-13-5-6-13)12-17-9-7-16(3)8-10-17/h13,15H,4-12H2,1-3H3. The number of piperazine rings is 1. The molecule has 2 rings (SSSR count). The van der Waals surface area contributed by atoms with Gasteiger partial charge in [0.15, 0.2) is 0 Å². The lowest BCUT2D eigenvalue weighted by Gasteiger charge is -2.39. The Hall–Kier alpha value is -0.120. The molecule has 2 fully saturated rings. The molecule has 0 aromatic rings. The maximum absolute atomic E-state index is 3.71. The van der Waals surface area contributed by atoms with Crippen LogP contribution in [-0.4, -0.2) is 62.2 Å². The molecule has 1 unspecified atom stereocenters. The van der Waals surface area contributed by atoms with Gasteiger partial charge in [-0.3, -0.25) is 0 Å². The van der Waals surface area contributed by atoms with Crippen LogP contribution in [0.25, 0.3) is 0 Å². The Kier molecular flexibility index (Phi) is 4.45. The van der Waals surface area contributed by atoms with Crippen molar-refractivity contribution in [1.82, 2.24) is 15.1 Å². The van der Waals surface area contributed by atoms with Crippen LogP contribution in [0.2, 0.25) is 0 Å². The molecular weight excluding hydrogens is 210 g/mol. The molecule has 0 spiro atoms. The summed E-state index contributed by atoms with van der Waals surface area (Å²) in [7, 11) is 2.23. The number of hydrogen-bond donors (Lipinski definition) is 1. The molecule has 1 N–H and O–H groups in total. The van der Waals surface area contributed by atoms with Gasteiger partial charge in [0, 0.05) is 45.3 Å². The Morgan fingerprint density at radius 1 is 1.18 bits per heavy atom. The third-order valence-corrected chi connectivity index (χ3v) is 4.45. The van der Waals surface area contributed by atoms with Crippen LogP contribution in [0, 0.1) is 5.41 Å². The monoisotopic (exact) mass is 239 g/mol. The van der Waals surface area contributed by atoms with E-state index in [1.54, 1.807) is 0 Å². The maximum atomic E-state index is 3.71. The first-order chi connectivity index (χ1) is 8.11. The fraction of sp³-hybridized carbons (Fsp3) is 1.00. The normalized spacial score (nSPS) is 27.0. The lowest BCUT2D eigenvalue weighted by molar-refractivity contribution is 0.0998. The van der Waals surface area contributed by atoms with Crippen LogP contribution in [0.5, 0.6) is 0 Å². The van der Waals surface area contributed by atoms with Gasteiger partial charge in [-0.1, -0.05) is 13.8 Å². The van der Waals surface area contributed by atoms with Crippen LogP contribution in [0.1, 0.15) is 33.1 Å². The molecular formula is C14H29N3. The van der Waals surface area contributed by atoms with Crippen LogP contribution < -0.4 is 5.32 Å². The average molecular weight is 239 g/mol. The van der Waals surface area contributed by atoms with E-state index in [0.29, 0.717) is 5.41 Å². The van der Waals surface area contributed by atoms with Crippen molar-refractivity contribution in [2.24, 2.45) is 5.41 Å². The predicted molar refractivity (Wildman–Crippen MR) is 73.4 cm³/mol. The van der Waals surface area contributed by atoms with Crippen molar-refractivity contribution in [2.75, 3.05) is 46.3 Å². The zero-order valence-corrected chi connectivity index (χ0v) is 11.8. The summed E-state index contributed by atoms with van der Waals surface area (Å²) < 4.78 is 0. The lowest BCUT2D eigenvalue weighted by atomic mass is 9.86. The number of nitrogens with zero attached hydrogens (tertiary/aromatic N) is 2. The average Bonchev–Trinajstić information content (AvgIpc) is 3.14. The second-order valence-electron chi connectivity index (χ2n) is 6.40. The van der Waals surface area contributed by atoms with Crippen molar-refractivity contribution in [3.63, 3.8) is 0 Å². The summed E-state index contributed by atoms with van der Waals surface area (Å²) in [5, 5.41) is 3.71. The molecule has 1 heterocycles. The van der Waals surface area contributed by atoms with Gasteiger partial charge in [-0.25, -0.2) is 0 Å². The smallest absolute Gasteiger partial charge is 0.0110 e. The summed E-state index contributed by atoms with van der Waals surface area (Å²) in [5.74, 6) is 0. The summed E-state index contributed by atoms with van der Waals surface area (Å²) in [6.45, 7) is 12.2. The number of hydrogen-bond acceptors (Lipinski definition) is 3. The maximum Gasteiger partial charge on any atom is 0.0110 e. The van der Waals surface area contributed by atoms with Crippen molar-refractivity contribution in [1.29, 1.82) is 0 Å². The predicted octanol–water partition coefficient (Wildman–Crippen LogP) is 1.40. The van der Waals surface area contributed by atoms with Gasteiger partial charge >= 0.3 is 0 Å². The van der Waals surface area contributed by atoms with E-state index < -0.39 is 0 Å².